The van der Waals surface area contributed by atoms with Crippen LogP contribution >= 0.6 is 15.9 Å². The lowest BCUT2D eigenvalue weighted by molar-refractivity contribution is -0.132. The number of hydrogen-bond donors (Lipinski definition) is 1. The first-order chi connectivity index (χ1) is 12.5. The highest BCUT2D eigenvalue weighted by Gasteiger charge is 2.17. The van der Waals surface area contributed by atoms with E-state index in [4.69, 9.17) is 14.9 Å². The molecule has 0 fully saturated rings. The Balaban J connectivity index is 2.05. The van der Waals surface area contributed by atoms with Crippen LogP contribution in [0, 0.1) is 5.41 Å². The van der Waals surface area contributed by atoms with Gasteiger partial charge in [0.1, 0.15) is 18.1 Å². The van der Waals surface area contributed by atoms with E-state index in [1.165, 1.54) is 7.11 Å². The summed E-state index contributed by atoms with van der Waals surface area (Å²) in [5.41, 5.74) is 1.10. The van der Waals surface area contributed by atoms with E-state index < -0.39 is 5.97 Å². The zero-order valence-electron chi connectivity index (χ0n) is 14.9. The second-order valence-corrected chi connectivity index (χ2v) is 6.56. The van der Waals surface area contributed by atoms with Crippen LogP contribution in [0.15, 0.2) is 46.9 Å². The van der Waals surface area contributed by atoms with E-state index in [0.717, 1.165) is 28.6 Å². The van der Waals surface area contributed by atoms with Crippen LogP contribution in [-0.4, -0.2) is 25.4 Å². The van der Waals surface area contributed by atoms with Gasteiger partial charge in [-0.25, -0.2) is 4.79 Å². The van der Waals surface area contributed by atoms with E-state index in [1.807, 2.05) is 24.3 Å². The number of carbonyl (C=O) groups is 1. The predicted molar refractivity (Wildman–Crippen MR) is 104 cm³/mol. The summed E-state index contributed by atoms with van der Waals surface area (Å²) < 4.78 is 16.8. The van der Waals surface area contributed by atoms with Crippen molar-refractivity contribution >= 4 is 27.6 Å². The molecule has 0 aliphatic carbocycles. The summed E-state index contributed by atoms with van der Waals surface area (Å²) in [5.74, 6) is 0.576. The van der Waals surface area contributed by atoms with Gasteiger partial charge in [0.15, 0.2) is 5.71 Å². The minimum Gasteiger partial charge on any atom is -0.494 e. The topological polar surface area (TPSA) is 68.6 Å². The lowest BCUT2D eigenvalue weighted by atomic mass is 10.1. The molecule has 138 valence electrons. The third-order valence-corrected chi connectivity index (χ3v) is 4.18. The van der Waals surface area contributed by atoms with Crippen LogP contribution in [0.2, 0.25) is 0 Å². The lowest BCUT2D eigenvalue weighted by Gasteiger charge is -2.12. The maximum atomic E-state index is 11.7. The maximum absolute atomic E-state index is 11.7. The Bertz CT molecular complexity index is 759. The number of esters is 1. The highest BCUT2D eigenvalue weighted by molar-refractivity contribution is 9.10. The van der Waals surface area contributed by atoms with Crippen LogP contribution in [0.3, 0.4) is 0 Å². The molecule has 5 nitrogen and oxygen atoms in total. The van der Waals surface area contributed by atoms with Crippen LogP contribution in [0.1, 0.15) is 30.9 Å². The van der Waals surface area contributed by atoms with Gasteiger partial charge in [-0.15, -0.1) is 0 Å². The molecule has 0 saturated heterocycles. The van der Waals surface area contributed by atoms with E-state index in [2.05, 4.69) is 27.6 Å². The van der Waals surface area contributed by atoms with Crippen LogP contribution in [0.5, 0.6) is 11.5 Å². The molecule has 0 aliphatic rings. The molecule has 0 unspecified atom stereocenters. The average Bonchev–Trinajstić information content (AvgIpc) is 2.67. The first kappa shape index (κ1) is 20.0. The molecule has 6 heteroatoms. The van der Waals surface area contributed by atoms with Gasteiger partial charge >= 0.3 is 5.97 Å². The van der Waals surface area contributed by atoms with Crippen molar-refractivity contribution in [1.29, 1.82) is 5.41 Å². The molecule has 0 saturated carbocycles. The normalized spacial score (nSPS) is 10.3. The minimum absolute atomic E-state index is 0.247. The number of halogens is 1. The molecule has 0 radical (unpaired) electrons. The summed E-state index contributed by atoms with van der Waals surface area (Å²) >= 11 is 3.35. The number of methoxy groups -OCH3 is 1. The van der Waals surface area contributed by atoms with Crippen molar-refractivity contribution in [3.63, 3.8) is 0 Å². The summed E-state index contributed by atoms with van der Waals surface area (Å²) in [7, 11) is 1.25. The third kappa shape index (κ3) is 5.59. The van der Waals surface area contributed by atoms with Crippen molar-refractivity contribution < 1.29 is 19.0 Å². The fraction of sp³-hybridized carbons (Fsp3) is 0.300. The molecule has 0 atom stereocenters. The first-order valence-electron chi connectivity index (χ1n) is 8.36. The summed E-state index contributed by atoms with van der Waals surface area (Å²) in [6, 6.07) is 12.9. The van der Waals surface area contributed by atoms with Crippen molar-refractivity contribution in [2.45, 2.75) is 26.4 Å². The lowest BCUT2D eigenvalue weighted by Crippen LogP contribution is -2.17. The molecule has 2 aromatic carbocycles. The van der Waals surface area contributed by atoms with Crippen molar-refractivity contribution in [3.05, 3.63) is 58.1 Å². The van der Waals surface area contributed by atoms with Gasteiger partial charge in [0, 0.05) is 4.47 Å². The first-order valence-corrected chi connectivity index (χ1v) is 9.15. The zero-order valence-corrected chi connectivity index (χ0v) is 16.5. The van der Waals surface area contributed by atoms with Crippen molar-refractivity contribution in [2.24, 2.45) is 0 Å². The number of ether oxygens (including phenoxy) is 3. The summed E-state index contributed by atoms with van der Waals surface area (Å²) in [5, 5.41) is 7.97. The zero-order chi connectivity index (χ0) is 18.9. The fourth-order valence-corrected chi connectivity index (χ4v) is 2.57. The summed E-state index contributed by atoms with van der Waals surface area (Å²) in [6.45, 7) is 3.16. The van der Waals surface area contributed by atoms with Gasteiger partial charge in [0.25, 0.3) is 0 Å². The van der Waals surface area contributed by atoms with E-state index in [1.54, 1.807) is 18.2 Å². The molecular weight excluding hydrogens is 398 g/mol. The highest BCUT2D eigenvalue weighted by atomic mass is 79.9. The Morgan fingerprint density at radius 1 is 1.12 bits per heavy atom. The van der Waals surface area contributed by atoms with E-state index >= 15 is 0 Å². The third-order valence-electron chi connectivity index (χ3n) is 3.68. The highest BCUT2D eigenvalue weighted by Crippen LogP contribution is 2.25. The van der Waals surface area contributed by atoms with Crippen LogP contribution in [0.25, 0.3) is 0 Å². The van der Waals surface area contributed by atoms with Gasteiger partial charge in [0.2, 0.25) is 0 Å². The van der Waals surface area contributed by atoms with Crippen LogP contribution < -0.4 is 9.47 Å². The van der Waals surface area contributed by atoms with Crippen molar-refractivity contribution in [3.8, 4) is 11.5 Å². The van der Waals surface area contributed by atoms with Gasteiger partial charge in [-0.1, -0.05) is 41.4 Å². The van der Waals surface area contributed by atoms with E-state index in [9.17, 15) is 4.79 Å². The minimum atomic E-state index is -0.707. The monoisotopic (exact) mass is 419 g/mol. The number of rotatable bonds is 9. The molecule has 0 aliphatic heterocycles. The molecule has 2 aromatic rings. The second-order valence-electron chi connectivity index (χ2n) is 5.64. The molecule has 2 rings (SSSR count). The van der Waals surface area contributed by atoms with Crippen molar-refractivity contribution in [2.75, 3.05) is 13.7 Å². The Hall–Kier alpha value is -2.34. The number of unbranched alkanes of at least 4 members (excludes halogenated alkanes) is 1. The summed E-state index contributed by atoms with van der Waals surface area (Å²) in [6.07, 6.45) is 2.13. The number of benzene rings is 2. The SMILES string of the molecule is CCCCOc1ccc(COc2ccc(Br)cc2C(=N)C(=O)OC)cc1. The fourth-order valence-electron chi connectivity index (χ4n) is 2.21. The van der Waals surface area contributed by atoms with Gasteiger partial charge in [-0.2, -0.15) is 0 Å². The molecule has 1 N–H and O–H groups in total. The molecule has 0 spiro atoms. The van der Waals surface area contributed by atoms with E-state index in [-0.39, 0.29) is 5.71 Å². The molecular formula is C20H22BrNO4. The standard InChI is InChI=1S/C20H22BrNO4/c1-3-4-11-25-16-8-5-14(6-9-16)13-26-18-10-7-15(21)12-17(18)19(22)20(23)24-2/h5-10,12,22H,3-4,11,13H2,1-2H3. The number of hydrogen-bond acceptors (Lipinski definition) is 5. The largest absolute Gasteiger partial charge is 0.494 e. The smallest absolute Gasteiger partial charge is 0.356 e. The Kier molecular flexibility index (Phi) is 7.66. The molecule has 0 amide bonds. The molecule has 0 aromatic heterocycles. The number of carbonyl (C=O) groups excluding carboxylic acids is 1. The van der Waals surface area contributed by atoms with Crippen LogP contribution in [0.4, 0.5) is 0 Å². The van der Waals surface area contributed by atoms with Gasteiger partial charge in [0.05, 0.1) is 19.3 Å². The second kappa shape index (κ2) is 9.97. The maximum Gasteiger partial charge on any atom is 0.356 e. The predicted octanol–water partition coefficient (Wildman–Crippen LogP) is 4.75. The van der Waals surface area contributed by atoms with E-state index in [0.29, 0.717) is 24.5 Å². The Labute approximate surface area is 161 Å². The molecule has 0 heterocycles. The molecule has 26 heavy (non-hydrogen) atoms. The molecule has 0 bridgehead atoms. The quantitative estimate of drug-likeness (QED) is 0.361. The van der Waals surface area contributed by atoms with Gasteiger partial charge in [-0.3, -0.25) is 5.41 Å². The average molecular weight is 420 g/mol. The van der Waals surface area contributed by atoms with Gasteiger partial charge < -0.3 is 14.2 Å². The Morgan fingerprint density at radius 3 is 2.50 bits per heavy atom. The van der Waals surface area contributed by atoms with Gasteiger partial charge in [-0.05, 0) is 42.3 Å². The summed E-state index contributed by atoms with van der Waals surface area (Å²) in [4.78, 5) is 11.7. The number of nitrogens with one attached hydrogen (secondary N) is 1. The van der Waals surface area contributed by atoms with Crippen LogP contribution in [-0.2, 0) is 16.1 Å². The van der Waals surface area contributed by atoms with Crippen molar-refractivity contribution in [1.82, 2.24) is 0 Å². The Morgan fingerprint density at radius 2 is 1.85 bits per heavy atom.